The molecule has 0 atom stereocenters. The highest BCUT2D eigenvalue weighted by Crippen LogP contribution is 2.33. The number of hydrogen-bond donors (Lipinski definition) is 1. The monoisotopic (exact) mass is 332 g/mol. The Morgan fingerprint density at radius 3 is 2.57 bits per heavy atom. The number of hydrogen-bond acceptors (Lipinski definition) is 3. The molecule has 0 radical (unpaired) electrons. The first-order chi connectivity index (χ1) is 10.9. The summed E-state index contributed by atoms with van der Waals surface area (Å²) in [6.45, 7) is 4.32. The SMILES string of the molecule is Fc1ccc(CN2CCC3(CC2)CNCCO3)cc1C(F)(F)F. The van der Waals surface area contributed by atoms with Crippen molar-refractivity contribution in [2.75, 3.05) is 32.8 Å². The van der Waals surface area contributed by atoms with Crippen molar-refractivity contribution in [1.29, 1.82) is 0 Å². The summed E-state index contributed by atoms with van der Waals surface area (Å²) in [5, 5.41) is 3.33. The van der Waals surface area contributed by atoms with E-state index in [1.165, 1.54) is 6.07 Å². The number of benzene rings is 1. The number of morpholine rings is 1. The zero-order valence-electron chi connectivity index (χ0n) is 12.8. The van der Waals surface area contributed by atoms with E-state index in [9.17, 15) is 17.6 Å². The molecule has 7 heteroatoms. The molecular weight excluding hydrogens is 312 g/mol. The lowest BCUT2D eigenvalue weighted by Crippen LogP contribution is -2.55. The molecule has 2 saturated heterocycles. The maximum Gasteiger partial charge on any atom is 0.419 e. The lowest BCUT2D eigenvalue weighted by molar-refractivity contribution is -0.140. The second-order valence-corrected chi connectivity index (χ2v) is 6.30. The average molecular weight is 332 g/mol. The van der Waals surface area contributed by atoms with Gasteiger partial charge >= 0.3 is 6.18 Å². The molecule has 0 aromatic heterocycles. The van der Waals surface area contributed by atoms with Crippen LogP contribution in [0, 0.1) is 5.82 Å². The van der Waals surface area contributed by atoms with Crippen molar-refractivity contribution < 1.29 is 22.3 Å². The van der Waals surface area contributed by atoms with Gasteiger partial charge in [0, 0.05) is 32.7 Å². The van der Waals surface area contributed by atoms with Crippen LogP contribution in [0.15, 0.2) is 18.2 Å². The Balaban J connectivity index is 1.63. The molecule has 23 heavy (non-hydrogen) atoms. The largest absolute Gasteiger partial charge is 0.419 e. The van der Waals surface area contributed by atoms with E-state index in [0.29, 0.717) is 18.7 Å². The first-order valence-electron chi connectivity index (χ1n) is 7.81. The lowest BCUT2D eigenvalue weighted by atomic mass is 9.90. The van der Waals surface area contributed by atoms with E-state index >= 15 is 0 Å². The summed E-state index contributed by atoms with van der Waals surface area (Å²) in [5.41, 5.74) is -0.838. The summed E-state index contributed by atoms with van der Waals surface area (Å²) < 4.78 is 57.5. The molecule has 0 unspecified atom stereocenters. The van der Waals surface area contributed by atoms with Gasteiger partial charge in [-0.2, -0.15) is 13.2 Å². The van der Waals surface area contributed by atoms with E-state index < -0.39 is 17.6 Å². The van der Waals surface area contributed by atoms with E-state index in [1.54, 1.807) is 0 Å². The van der Waals surface area contributed by atoms with Gasteiger partial charge in [-0.05, 0) is 30.5 Å². The fourth-order valence-corrected chi connectivity index (χ4v) is 3.29. The molecule has 128 valence electrons. The minimum Gasteiger partial charge on any atom is -0.372 e. The van der Waals surface area contributed by atoms with Crippen molar-refractivity contribution in [3.8, 4) is 0 Å². The van der Waals surface area contributed by atoms with Crippen LogP contribution in [0.25, 0.3) is 0 Å². The molecule has 3 rings (SSSR count). The first-order valence-corrected chi connectivity index (χ1v) is 7.81. The Morgan fingerprint density at radius 2 is 1.96 bits per heavy atom. The minimum absolute atomic E-state index is 0.130. The van der Waals surface area contributed by atoms with Gasteiger partial charge in [0.1, 0.15) is 5.82 Å². The van der Waals surface area contributed by atoms with Gasteiger partial charge < -0.3 is 10.1 Å². The van der Waals surface area contributed by atoms with Crippen LogP contribution >= 0.6 is 0 Å². The molecular formula is C16H20F4N2O. The third-order valence-corrected chi connectivity index (χ3v) is 4.64. The molecule has 3 nitrogen and oxygen atoms in total. The Morgan fingerprint density at radius 1 is 1.22 bits per heavy atom. The average Bonchev–Trinajstić information content (AvgIpc) is 2.51. The molecule has 2 aliphatic rings. The predicted molar refractivity (Wildman–Crippen MR) is 77.5 cm³/mol. The second-order valence-electron chi connectivity index (χ2n) is 6.30. The standard InChI is InChI=1S/C16H20F4N2O/c17-14-2-1-12(9-13(14)16(18,19)20)10-22-6-3-15(4-7-22)11-21-5-8-23-15/h1-2,9,21H,3-8,10-11H2. The van der Waals surface area contributed by atoms with Gasteiger partial charge in [0.25, 0.3) is 0 Å². The maximum atomic E-state index is 13.3. The molecule has 0 aliphatic carbocycles. The highest BCUT2D eigenvalue weighted by atomic mass is 19.4. The molecule has 1 aromatic carbocycles. The molecule has 0 amide bonds. The van der Waals surface area contributed by atoms with Crippen LogP contribution in [-0.4, -0.2) is 43.3 Å². The van der Waals surface area contributed by atoms with Gasteiger partial charge in [0.05, 0.1) is 17.8 Å². The van der Waals surface area contributed by atoms with Crippen molar-refractivity contribution in [3.63, 3.8) is 0 Å². The topological polar surface area (TPSA) is 24.5 Å². The molecule has 0 bridgehead atoms. The molecule has 1 aromatic rings. The van der Waals surface area contributed by atoms with E-state index in [4.69, 9.17) is 4.74 Å². The Labute approximate surface area is 132 Å². The van der Waals surface area contributed by atoms with Gasteiger partial charge in [-0.3, -0.25) is 4.90 Å². The van der Waals surface area contributed by atoms with Gasteiger partial charge in [-0.25, -0.2) is 4.39 Å². The van der Waals surface area contributed by atoms with E-state index in [0.717, 1.165) is 51.2 Å². The van der Waals surface area contributed by atoms with Crippen LogP contribution in [-0.2, 0) is 17.5 Å². The number of nitrogens with one attached hydrogen (secondary N) is 1. The normalized spacial score (nSPS) is 22.4. The zero-order chi connectivity index (χ0) is 16.5. The summed E-state index contributed by atoms with van der Waals surface area (Å²) in [6.07, 6.45) is -2.95. The molecule has 2 aliphatic heterocycles. The summed E-state index contributed by atoms with van der Waals surface area (Å²) >= 11 is 0. The number of nitrogens with zero attached hydrogens (tertiary/aromatic N) is 1. The summed E-state index contributed by atoms with van der Waals surface area (Å²) in [6, 6.07) is 3.24. The van der Waals surface area contributed by atoms with Crippen LogP contribution < -0.4 is 5.32 Å². The summed E-state index contributed by atoms with van der Waals surface area (Å²) in [7, 11) is 0. The summed E-state index contributed by atoms with van der Waals surface area (Å²) in [4.78, 5) is 2.09. The first kappa shape index (κ1) is 16.7. The zero-order valence-corrected chi connectivity index (χ0v) is 12.8. The van der Waals surface area contributed by atoms with Gasteiger partial charge in [-0.15, -0.1) is 0 Å². The molecule has 1 N–H and O–H groups in total. The molecule has 0 saturated carbocycles. The Kier molecular flexibility index (Phi) is 4.62. The van der Waals surface area contributed by atoms with E-state index in [-0.39, 0.29) is 5.60 Å². The van der Waals surface area contributed by atoms with Crippen LogP contribution in [0.2, 0.25) is 0 Å². The van der Waals surface area contributed by atoms with Crippen LogP contribution in [0.1, 0.15) is 24.0 Å². The smallest absolute Gasteiger partial charge is 0.372 e. The van der Waals surface area contributed by atoms with Crippen LogP contribution in [0.3, 0.4) is 0 Å². The fraction of sp³-hybridized carbons (Fsp3) is 0.625. The minimum atomic E-state index is -4.66. The quantitative estimate of drug-likeness (QED) is 0.843. The third kappa shape index (κ3) is 3.84. The number of rotatable bonds is 2. The number of likely N-dealkylation sites (tertiary alicyclic amines) is 1. The Bertz CT molecular complexity index is 546. The number of piperidine rings is 1. The predicted octanol–water partition coefficient (Wildman–Crippen LogP) is 2.80. The summed E-state index contributed by atoms with van der Waals surface area (Å²) in [5.74, 6) is -1.22. The van der Waals surface area contributed by atoms with Gasteiger partial charge in [-0.1, -0.05) is 6.07 Å². The van der Waals surface area contributed by atoms with Gasteiger partial charge in [0.15, 0.2) is 0 Å². The highest BCUT2D eigenvalue weighted by molar-refractivity contribution is 5.27. The van der Waals surface area contributed by atoms with Crippen LogP contribution in [0.4, 0.5) is 17.6 Å². The third-order valence-electron chi connectivity index (χ3n) is 4.64. The van der Waals surface area contributed by atoms with E-state index in [2.05, 4.69) is 10.2 Å². The number of alkyl halides is 3. The van der Waals surface area contributed by atoms with Crippen molar-refractivity contribution in [1.82, 2.24) is 10.2 Å². The molecule has 1 spiro atoms. The maximum absolute atomic E-state index is 13.3. The van der Waals surface area contributed by atoms with E-state index in [1.807, 2.05) is 0 Å². The van der Waals surface area contributed by atoms with Crippen molar-refractivity contribution in [3.05, 3.63) is 35.1 Å². The lowest BCUT2D eigenvalue weighted by Gasteiger charge is -2.44. The van der Waals surface area contributed by atoms with Crippen molar-refractivity contribution in [2.45, 2.75) is 31.2 Å². The fourth-order valence-electron chi connectivity index (χ4n) is 3.29. The second kappa shape index (κ2) is 6.37. The van der Waals surface area contributed by atoms with Crippen LogP contribution in [0.5, 0.6) is 0 Å². The van der Waals surface area contributed by atoms with Crippen molar-refractivity contribution >= 4 is 0 Å². The molecule has 2 fully saturated rings. The highest BCUT2D eigenvalue weighted by Gasteiger charge is 2.37. The Hall–Kier alpha value is -1.18. The van der Waals surface area contributed by atoms with Crippen molar-refractivity contribution in [2.24, 2.45) is 0 Å². The molecule has 2 heterocycles. The van der Waals surface area contributed by atoms with Gasteiger partial charge in [0.2, 0.25) is 0 Å². The number of halogens is 4. The number of ether oxygens (including phenoxy) is 1.